The zero-order valence-corrected chi connectivity index (χ0v) is 10.6. The second-order valence-electron chi connectivity index (χ2n) is 5.23. The molecule has 4 rings (SSSR count). The first-order valence-electron chi connectivity index (χ1n) is 6.55. The van der Waals surface area contributed by atoms with Crippen molar-refractivity contribution in [2.45, 2.75) is 38.1 Å². The lowest BCUT2D eigenvalue weighted by atomic mass is 9.83. The van der Waals surface area contributed by atoms with Crippen LogP contribution in [0.5, 0.6) is 0 Å². The number of hydrogen-bond acceptors (Lipinski definition) is 2. The van der Waals surface area contributed by atoms with Gasteiger partial charge in [-0.3, -0.25) is 0 Å². The normalized spacial score (nSPS) is 23.6. The van der Waals surface area contributed by atoms with Gasteiger partial charge in [0.2, 0.25) is 0 Å². The fourth-order valence-electron chi connectivity index (χ4n) is 3.51. The Balaban J connectivity index is 1.81. The van der Waals surface area contributed by atoms with E-state index in [-0.39, 0.29) is 0 Å². The highest BCUT2D eigenvalue weighted by Crippen LogP contribution is 2.49. The largest absolute Gasteiger partial charge is 0.322 e. The molecule has 17 heavy (non-hydrogen) atoms. The van der Waals surface area contributed by atoms with Gasteiger partial charge in [-0.05, 0) is 30.2 Å². The second-order valence-corrected chi connectivity index (χ2v) is 6.18. The van der Waals surface area contributed by atoms with E-state index in [4.69, 9.17) is 0 Å². The molecule has 1 fully saturated rings. The summed E-state index contributed by atoms with van der Waals surface area (Å²) in [4.78, 5) is 5.91. The van der Waals surface area contributed by atoms with E-state index in [2.05, 4.69) is 21.0 Å². The van der Waals surface area contributed by atoms with Crippen molar-refractivity contribution >= 4 is 11.3 Å². The van der Waals surface area contributed by atoms with Crippen LogP contribution in [0.3, 0.4) is 0 Å². The van der Waals surface area contributed by atoms with Gasteiger partial charge in [0.1, 0.15) is 0 Å². The molecule has 0 unspecified atom stereocenters. The Kier molecular flexibility index (Phi) is 2.15. The Morgan fingerprint density at radius 1 is 1.24 bits per heavy atom. The zero-order chi connectivity index (χ0) is 11.2. The maximum Gasteiger partial charge on any atom is 0.0957 e. The number of fused-ring (bicyclic) bond motifs is 3. The van der Waals surface area contributed by atoms with Crippen LogP contribution in [0.25, 0.3) is 11.3 Å². The second kappa shape index (κ2) is 3.70. The van der Waals surface area contributed by atoms with Crippen LogP contribution in [0.2, 0.25) is 0 Å². The minimum Gasteiger partial charge on any atom is -0.322 e. The monoisotopic (exact) mass is 244 g/mol. The Bertz CT molecular complexity index is 494. The van der Waals surface area contributed by atoms with Crippen LogP contribution in [0, 0.1) is 5.92 Å². The lowest BCUT2D eigenvalue weighted by Gasteiger charge is -2.28. The molecule has 0 bridgehead atoms. The summed E-state index contributed by atoms with van der Waals surface area (Å²) < 4.78 is 2.41. The van der Waals surface area contributed by atoms with Crippen molar-refractivity contribution in [1.82, 2.24) is 9.55 Å². The molecule has 0 amide bonds. The molecule has 2 nitrogen and oxygen atoms in total. The first-order chi connectivity index (χ1) is 8.45. The van der Waals surface area contributed by atoms with Crippen LogP contribution in [-0.2, 0) is 0 Å². The van der Waals surface area contributed by atoms with Gasteiger partial charge in [0.25, 0.3) is 0 Å². The molecule has 2 aliphatic rings. The van der Waals surface area contributed by atoms with Crippen molar-refractivity contribution in [2.24, 2.45) is 5.92 Å². The zero-order valence-electron chi connectivity index (χ0n) is 9.80. The van der Waals surface area contributed by atoms with Crippen molar-refractivity contribution < 1.29 is 0 Å². The van der Waals surface area contributed by atoms with E-state index in [1.165, 1.54) is 43.4 Å². The minimum absolute atomic E-state index is 0.586. The molecule has 0 N–H and O–H groups in total. The lowest BCUT2D eigenvalue weighted by molar-refractivity contribution is 0.288. The average Bonchev–Trinajstić information content (AvgIpc) is 3.01. The third-order valence-electron chi connectivity index (χ3n) is 4.30. The van der Waals surface area contributed by atoms with Crippen molar-refractivity contribution in [3.8, 4) is 11.3 Å². The van der Waals surface area contributed by atoms with Gasteiger partial charge in [-0.1, -0.05) is 19.3 Å². The molecule has 1 aliphatic heterocycles. The van der Waals surface area contributed by atoms with Crippen LogP contribution >= 0.6 is 11.3 Å². The standard InChI is InChI=1S/C14H16N2S/c1-2-4-10(5-3-1)13-14-11(6-7-17-14)12-8-15-9-16(12)13/h6-10,13H,1-5H2/t13-/m0/s1. The number of imidazole rings is 1. The maximum absolute atomic E-state index is 4.33. The minimum atomic E-state index is 0.586. The van der Waals surface area contributed by atoms with Crippen LogP contribution < -0.4 is 0 Å². The molecule has 88 valence electrons. The highest BCUT2D eigenvalue weighted by Gasteiger charge is 2.35. The molecule has 1 atom stereocenters. The summed E-state index contributed by atoms with van der Waals surface area (Å²) >= 11 is 1.93. The topological polar surface area (TPSA) is 17.8 Å². The van der Waals surface area contributed by atoms with Gasteiger partial charge in [-0.25, -0.2) is 4.98 Å². The summed E-state index contributed by atoms with van der Waals surface area (Å²) in [6, 6.07) is 2.85. The highest BCUT2D eigenvalue weighted by atomic mass is 32.1. The predicted octanol–water partition coefficient (Wildman–Crippen LogP) is 4.09. The molecule has 0 saturated heterocycles. The molecular weight excluding hydrogens is 228 g/mol. The molecule has 2 aromatic rings. The number of thiophene rings is 1. The third kappa shape index (κ3) is 1.35. The van der Waals surface area contributed by atoms with E-state index in [1.54, 1.807) is 4.88 Å². The summed E-state index contributed by atoms with van der Waals surface area (Å²) in [6.07, 6.45) is 11.1. The first kappa shape index (κ1) is 9.89. The van der Waals surface area contributed by atoms with Gasteiger partial charge in [-0.2, -0.15) is 0 Å². The highest BCUT2D eigenvalue weighted by molar-refractivity contribution is 7.10. The van der Waals surface area contributed by atoms with Gasteiger partial charge < -0.3 is 4.57 Å². The Morgan fingerprint density at radius 3 is 3.00 bits per heavy atom. The van der Waals surface area contributed by atoms with Crippen LogP contribution in [0.4, 0.5) is 0 Å². The van der Waals surface area contributed by atoms with Gasteiger partial charge in [-0.15, -0.1) is 11.3 Å². The van der Waals surface area contributed by atoms with Gasteiger partial charge >= 0.3 is 0 Å². The summed E-state index contributed by atoms with van der Waals surface area (Å²) in [5.74, 6) is 0.830. The molecule has 3 heteroatoms. The van der Waals surface area contributed by atoms with Crippen molar-refractivity contribution in [3.63, 3.8) is 0 Å². The molecular formula is C14H16N2S. The molecule has 0 spiro atoms. The molecule has 3 heterocycles. The fraction of sp³-hybridized carbons (Fsp3) is 0.500. The fourth-order valence-corrected chi connectivity index (χ4v) is 4.61. The molecule has 1 saturated carbocycles. The SMILES string of the molecule is c1cc2c(s1)[C@H](C1CCCCC1)n1cncc1-2. The van der Waals surface area contributed by atoms with Crippen LogP contribution in [-0.4, -0.2) is 9.55 Å². The number of aromatic nitrogens is 2. The summed E-state index contributed by atoms with van der Waals surface area (Å²) in [5, 5.41) is 2.23. The predicted molar refractivity (Wildman–Crippen MR) is 70.3 cm³/mol. The summed E-state index contributed by atoms with van der Waals surface area (Å²) in [6.45, 7) is 0. The molecule has 1 aliphatic carbocycles. The van der Waals surface area contributed by atoms with E-state index in [0.29, 0.717) is 6.04 Å². The Morgan fingerprint density at radius 2 is 2.12 bits per heavy atom. The smallest absolute Gasteiger partial charge is 0.0957 e. The van der Waals surface area contributed by atoms with Crippen LogP contribution in [0.1, 0.15) is 43.0 Å². The number of nitrogens with zero attached hydrogens (tertiary/aromatic N) is 2. The van der Waals surface area contributed by atoms with E-state index < -0.39 is 0 Å². The summed E-state index contributed by atoms with van der Waals surface area (Å²) in [5.41, 5.74) is 2.76. The van der Waals surface area contributed by atoms with Gasteiger partial charge in [0, 0.05) is 10.4 Å². The van der Waals surface area contributed by atoms with Gasteiger partial charge in [0.05, 0.1) is 24.3 Å². The molecule has 0 radical (unpaired) electrons. The lowest BCUT2D eigenvalue weighted by Crippen LogP contribution is -2.19. The van der Waals surface area contributed by atoms with E-state index in [0.717, 1.165) is 5.92 Å². The average molecular weight is 244 g/mol. The maximum atomic E-state index is 4.33. The van der Waals surface area contributed by atoms with Crippen molar-refractivity contribution in [2.75, 3.05) is 0 Å². The Hall–Kier alpha value is -1.09. The van der Waals surface area contributed by atoms with E-state index in [1.807, 2.05) is 23.9 Å². The quantitative estimate of drug-likeness (QED) is 0.738. The van der Waals surface area contributed by atoms with E-state index in [9.17, 15) is 0 Å². The molecule has 2 aromatic heterocycles. The number of rotatable bonds is 1. The number of hydrogen-bond donors (Lipinski definition) is 0. The third-order valence-corrected chi connectivity index (χ3v) is 5.29. The molecule has 0 aromatic carbocycles. The van der Waals surface area contributed by atoms with Crippen molar-refractivity contribution in [1.29, 1.82) is 0 Å². The summed E-state index contributed by atoms with van der Waals surface area (Å²) in [7, 11) is 0. The Labute approximate surface area is 105 Å². The van der Waals surface area contributed by atoms with Gasteiger partial charge in [0.15, 0.2) is 0 Å². The van der Waals surface area contributed by atoms with E-state index >= 15 is 0 Å². The first-order valence-corrected chi connectivity index (χ1v) is 7.43. The van der Waals surface area contributed by atoms with Crippen LogP contribution in [0.15, 0.2) is 24.0 Å². The van der Waals surface area contributed by atoms with Crippen molar-refractivity contribution in [3.05, 3.63) is 28.8 Å².